The summed E-state index contributed by atoms with van der Waals surface area (Å²) in [4.78, 5) is 29.9. The van der Waals surface area contributed by atoms with E-state index in [1.807, 2.05) is 6.92 Å². The van der Waals surface area contributed by atoms with Crippen LogP contribution in [0.5, 0.6) is 0 Å². The molecule has 2 aromatic heterocycles. The molecular weight excluding hydrogens is 474 g/mol. The van der Waals surface area contributed by atoms with Crippen LogP contribution in [-0.4, -0.2) is 37.0 Å². The molecule has 2 amide bonds. The third-order valence-corrected chi connectivity index (χ3v) is 6.80. The molecule has 180 valence electrons. The maximum absolute atomic E-state index is 12.9. The molecule has 36 heavy (non-hydrogen) atoms. The first-order chi connectivity index (χ1) is 17.2. The highest BCUT2D eigenvalue weighted by Crippen LogP contribution is 2.14. The van der Waals surface area contributed by atoms with Crippen molar-refractivity contribution in [3.8, 4) is 11.8 Å². The molecule has 0 saturated carbocycles. The van der Waals surface area contributed by atoms with Crippen molar-refractivity contribution in [3.63, 3.8) is 0 Å². The predicted octanol–water partition coefficient (Wildman–Crippen LogP) is 4.07. The number of carbonyl (C=O) groups excluding carboxylic acids is 2. The van der Waals surface area contributed by atoms with Gasteiger partial charge in [0.25, 0.3) is 11.8 Å². The van der Waals surface area contributed by atoms with Crippen LogP contribution >= 0.6 is 0 Å². The van der Waals surface area contributed by atoms with Gasteiger partial charge in [-0.15, -0.1) is 0 Å². The average molecular weight is 498 g/mol. The van der Waals surface area contributed by atoms with Crippen LogP contribution in [-0.2, 0) is 16.8 Å². The molecule has 0 unspecified atom stereocenters. The quantitative estimate of drug-likeness (QED) is 0.428. The van der Waals surface area contributed by atoms with Crippen LogP contribution in [0.2, 0.25) is 0 Å². The lowest BCUT2D eigenvalue weighted by Crippen LogP contribution is -2.14. The van der Waals surface area contributed by atoms with E-state index in [4.69, 9.17) is 0 Å². The summed E-state index contributed by atoms with van der Waals surface area (Å²) in [5, 5.41) is 7.05. The Bertz CT molecular complexity index is 1640. The average Bonchev–Trinajstić information content (AvgIpc) is 3.19. The number of aryl methyl sites for hydroxylation is 2. The Balaban J connectivity index is 1.53. The van der Waals surface area contributed by atoms with Crippen molar-refractivity contribution in [3.05, 3.63) is 107 Å². The monoisotopic (exact) mass is 497 g/mol. The smallest absolute Gasteiger partial charge is 0.286 e. The minimum Gasteiger partial charge on any atom is -0.307 e. The predicted molar refractivity (Wildman–Crippen MR) is 138 cm³/mol. The van der Waals surface area contributed by atoms with Gasteiger partial charge < -0.3 is 5.32 Å². The molecule has 0 saturated heterocycles. The van der Waals surface area contributed by atoms with Gasteiger partial charge in [0.1, 0.15) is 5.82 Å². The summed E-state index contributed by atoms with van der Waals surface area (Å²) in [5.41, 5.74) is 2.53. The molecular formula is C27H23N5O3S. The van der Waals surface area contributed by atoms with Gasteiger partial charge in [0.2, 0.25) is 0 Å². The van der Waals surface area contributed by atoms with Crippen LogP contribution in [0.15, 0.2) is 88.4 Å². The Labute approximate surface area is 209 Å². The third kappa shape index (κ3) is 5.92. The van der Waals surface area contributed by atoms with E-state index in [0.717, 1.165) is 5.69 Å². The molecule has 8 nitrogen and oxygen atoms in total. The molecule has 2 heterocycles. The van der Waals surface area contributed by atoms with Gasteiger partial charge in [-0.2, -0.15) is 9.46 Å². The van der Waals surface area contributed by atoms with Crippen LogP contribution < -0.4 is 5.32 Å². The highest BCUT2D eigenvalue weighted by atomic mass is 32.2. The SMILES string of the molecule is Cc1cc(NC(=O)c2cccc(C#Cc3cncc(C(=O)N=[S@@](C)(=O)c4ccccc4)c3)c2)n(C)n1. The lowest BCUT2D eigenvalue weighted by Gasteiger charge is -2.05. The van der Waals surface area contributed by atoms with Crippen LogP contribution in [0, 0.1) is 18.8 Å². The fraction of sp³-hybridized carbons (Fsp3) is 0.111. The van der Waals surface area contributed by atoms with Gasteiger partial charge in [-0.25, -0.2) is 4.21 Å². The molecule has 2 aromatic carbocycles. The van der Waals surface area contributed by atoms with Crippen LogP contribution in [0.25, 0.3) is 0 Å². The van der Waals surface area contributed by atoms with Gasteiger partial charge in [-0.3, -0.25) is 19.3 Å². The third-order valence-electron chi connectivity index (χ3n) is 5.14. The molecule has 9 heteroatoms. The van der Waals surface area contributed by atoms with E-state index in [1.54, 1.807) is 78.5 Å². The van der Waals surface area contributed by atoms with E-state index >= 15 is 0 Å². The molecule has 1 N–H and O–H groups in total. The zero-order valence-electron chi connectivity index (χ0n) is 19.9. The van der Waals surface area contributed by atoms with Crippen LogP contribution in [0.3, 0.4) is 0 Å². The number of amides is 2. The first kappa shape index (κ1) is 24.6. The molecule has 0 bridgehead atoms. The molecule has 0 spiro atoms. The number of rotatable bonds is 4. The Hall–Kier alpha value is -4.55. The maximum Gasteiger partial charge on any atom is 0.286 e. The first-order valence-corrected chi connectivity index (χ1v) is 12.8. The van der Waals surface area contributed by atoms with E-state index in [2.05, 4.69) is 31.6 Å². The van der Waals surface area contributed by atoms with E-state index in [0.29, 0.717) is 27.4 Å². The molecule has 0 aliphatic carbocycles. The van der Waals surface area contributed by atoms with Crippen molar-refractivity contribution in [2.75, 3.05) is 11.6 Å². The van der Waals surface area contributed by atoms with Crippen molar-refractivity contribution in [1.29, 1.82) is 0 Å². The van der Waals surface area contributed by atoms with E-state index in [1.165, 1.54) is 18.6 Å². The molecule has 0 aliphatic heterocycles. The highest BCUT2D eigenvalue weighted by Gasteiger charge is 2.12. The summed E-state index contributed by atoms with van der Waals surface area (Å²) in [7, 11) is -1.14. The molecule has 0 fully saturated rings. The standard InChI is InChI=1S/C27H23N5O3S/c1-19-14-25(32(2)30-19)29-26(33)22-9-7-8-20(15-22)12-13-21-16-23(18-28-17-21)27(34)31-36(3,35)24-10-5-4-6-11-24/h4-11,14-18H,1-3H3,(H,29,33)/t36-/m0/s1. The minimum absolute atomic E-state index is 0.187. The van der Waals surface area contributed by atoms with Crippen molar-refractivity contribution < 1.29 is 13.8 Å². The molecule has 0 radical (unpaired) electrons. The minimum atomic E-state index is -2.89. The number of hydrogen-bond donors (Lipinski definition) is 1. The Morgan fingerprint density at radius 3 is 2.39 bits per heavy atom. The Kier molecular flexibility index (Phi) is 7.08. The zero-order valence-corrected chi connectivity index (χ0v) is 20.7. The zero-order chi connectivity index (χ0) is 25.7. The van der Waals surface area contributed by atoms with Gasteiger partial charge in [-0.1, -0.05) is 36.1 Å². The van der Waals surface area contributed by atoms with Gasteiger partial charge in [0.15, 0.2) is 0 Å². The number of carbonyl (C=O) groups is 2. The maximum atomic E-state index is 12.9. The van der Waals surface area contributed by atoms with Gasteiger partial charge in [0.05, 0.1) is 21.0 Å². The summed E-state index contributed by atoms with van der Waals surface area (Å²) in [6, 6.07) is 18.9. The second-order valence-electron chi connectivity index (χ2n) is 8.05. The van der Waals surface area contributed by atoms with E-state index in [9.17, 15) is 13.8 Å². The first-order valence-electron chi connectivity index (χ1n) is 10.9. The molecule has 4 rings (SSSR count). The summed E-state index contributed by atoms with van der Waals surface area (Å²) in [6.45, 7) is 1.85. The summed E-state index contributed by atoms with van der Waals surface area (Å²) in [5.74, 6) is 5.63. The summed E-state index contributed by atoms with van der Waals surface area (Å²) >= 11 is 0. The number of hydrogen-bond acceptors (Lipinski definition) is 5. The van der Waals surface area contributed by atoms with Crippen molar-refractivity contribution >= 4 is 27.4 Å². The second-order valence-corrected chi connectivity index (χ2v) is 10.3. The number of pyridine rings is 1. The molecule has 0 aliphatic rings. The Morgan fingerprint density at radius 1 is 0.944 bits per heavy atom. The number of benzene rings is 2. The van der Waals surface area contributed by atoms with Crippen molar-refractivity contribution in [2.24, 2.45) is 11.4 Å². The number of nitrogens with one attached hydrogen (secondary N) is 1. The van der Waals surface area contributed by atoms with Crippen molar-refractivity contribution in [2.45, 2.75) is 11.8 Å². The van der Waals surface area contributed by atoms with Gasteiger partial charge in [0, 0.05) is 53.3 Å². The number of aromatic nitrogens is 3. The van der Waals surface area contributed by atoms with Gasteiger partial charge >= 0.3 is 0 Å². The van der Waals surface area contributed by atoms with Crippen molar-refractivity contribution in [1.82, 2.24) is 14.8 Å². The fourth-order valence-corrected chi connectivity index (χ4v) is 4.55. The Morgan fingerprint density at radius 2 is 1.67 bits per heavy atom. The number of anilines is 1. The molecule has 1 atom stereocenters. The molecule has 4 aromatic rings. The topological polar surface area (TPSA) is 106 Å². The van der Waals surface area contributed by atoms with Crippen LogP contribution in [0.4, 0.5) is 5.82 Å². The normalized spacial score (nSPS) is 12.1. The van der Waals surface area contributed by atoms with E-state index in [-0.39, 0.29) is 11.5 Å². The largest absolute Gasteiger partial charge is 0.307 e. The lowest BCUT2D eigenvalue weighted by atomic mass is 10.1. The summed E-state index contributed by atoms with van der Waals surface area (Å²) < 4.78 is 18.4. The van der Waals surface area contributed by atoms with Crippen LogP contribution in [0.1, 0.15) is 37.5 Å². The highest BCUT2D eigenvalue weighted by molar-refractivity contribution is 7.93. The fourth-order valence-electron chi connectivity index (χ4n) is 3.36. The number of nitrogens with zero attached hydrogens (tertiary/aromatic N) is 4. The lowest BCUT2D eigenvalue weighted by molar-refractivity contribution is 0.100. The van der Waals surface area contributed by atoms with Gasteiger partial charge in [-0.05, 0) is 43.3 Å². The second kappa shape index (κ2) is 10.4. The summed E-state index contributed by atoms with van der Waals surface area (Å²) in [6.07, 6.45) is 4.31. The van der Waals surface area contributed by atoms with E-state index < -0.39 is 15.6 Å².